The number of carboxylic acids is 1. The van der Waals surface area contributed by atoms with Crippen molar-refractivity contribution in [3.63, 3.8) is 0 Å². The van der Waals surface area contributed by atoms with Gasteiger partial charge in [-0.2, -0.15) is 10.1 Å². The van der Waals surface area contributed by atoms with Crippen LogP contribution in [0.15, 0.2) is 108 Å². The van der Waals surface area contributed by atoms with E-state index >= 15 is 0 Å². The van der Waals surface area contributed by atoms with Crippen molar-refractivity contribution in [3.05, 3.63) is 128 Å². The molecular formula is C32H25IN2O5. The lowest BCUT2D eigenvalue weighted by Gasteiger charge is -2.15. The molecule has 1 N–H and O–H groups in total. The topological polar surface area (TPSA) is 88.4 Å². The molecule has 0 radical (unpaired) electrons. The molecule has 0 atom stereocenters. The van der Waals surface area contributed by atoms with Crippen LogP contribution >= 0.6 is 22.6 Å². The maximum absolute atomic E-state index is 13.6. The minimum absolute atomic E-state index is 0.219. The van der Waals surface area contributed by atoms with Gasteiger partial charge in [0.05, 0.1) is 27.0 Å². The summed E-state index contributed by atoms with van der Waals surface area (Å²) in [5.41, 5.74) is 4.41. The standard InChI is InChI=1S/C32H25IN2O5/c1-2-39-28-19-22(18-27(33)30(28)40-20-21-13-15-24(16-14-21)32(37)38)17-26-29(23-9-5-3-6-10-23)34-35(31(26)36)25-11-7-4-8-12-25/h3-19H,2,20H2,1H3,(H,37,38)/b26-17-. The summed E-state index contributed by atoms with van der Waals surface area (Å²) in [6, 6.07) is 29.3. The summed E-state index contributed by atoms with van der Waals surface area (Å²) in [7, 11) is 0. The van der Waals surface area contributed by atoms with Crippen LogP contribution in [-0.4, -0.2) is 29.3 Å². The first-order chi connectivity index (χ1) is 19.4. The summed E-state index contributed by atoms with van der Waals surface area (Å²) in [4.78, 5) is 24.8. The molecule has 8 heteroatoms. The Hall–Kier alpha value is -4.44. The third kappa shape index (κ3) is 5.91. The number of carbonyl (C=O) groups is 2. The average Bonchev–Trinajstić information content (AvgIpc) is 3.29. The molecule has 0 aromatic heterocycles. The summed E-state index contributed by atoms with van der Waals surface area (Å²) in [5, 5.41) is 15.3. The van der Waals surface area contributed by atoms with Crippen LogP contribution in [0.5, 0.6) is 11.5 Å². The molecule has 1 amide bonds. The smallest absolute Gasteiger partial charge is 0.335 e. The van der Waals surface area contributed by atoms with E-state index in [1.165, 1.54) is 5.01 Å². The molecule has 7 nitrogen and oxygen atoms in total. The van der Waals surface area contributed by atoms with Gasteiger partial charge in [0, 0.05) is 5.56 Å². The molecular weight excluding hydrogens is 619 g/mol. The monoisotopic (exact) mass is 644 g/mol. The van der Waals surface area contributed by atoms with Crippen molar-refractivity contribution in [2.75, 3.05) is 11.6 Å². The van der Waals surface area contributed by atoms with Crippen LogP contribution in [0.25, 0.3) is 6.08 Å². The number of ether oxygens (including phenoxy) is 2. The fourth-order valence-corrected chi connectivity index (χ4v) is 5.02. The SMILES string of the molecule is CCOc1cc(/C=C2\C(=O)N(c3ccccc3)N=C2c2ccccc2)cc(I)c1OCc1ccc(C(=O)O)cc1. The van der Waals surface area contributed by atoms with Crippen LogP contribution in [-0.2, 0) is 11.4 Å². The van der Waals surface area contributed by atoms with E-state index in [-0.39, 0.29) is 18.1 Å². The molecule has 0 spiro atoms. The summed E-state index contributed by atoms with van der Waals surface area (Å²) < 4.78 is 12.9. The molecule has 1 aliphatic heterocycles. The van der Waals surface area contributed by atoms with Gasteiger partial charge in [0.25, 0.3) is 5.91 Å². The first-order valence-electron chi connectivity index (χ1n) is 12.6. The van der Waals surface area contributed by atoms with E-state index < -0.39 is 5.97 Å². The van der Waals surface area contributed by atoms with E-state index in [0.717, 1.165) is 20.3 Å². The quantitative estimate of drug-likeness (QED) is 0.160. The number of aromatic carboxylic acids is 1. The number of halogens is 1. The van der Waals surface area contributed by atoms with Crippen LogP contribution in [0.2, 0.25) is 0 Å². The first kappa shape index (κ1) is 27.1. The van der Waals surface area contributed by atoms with Gasteiger partial charge in [0.2, 0.25) is 0 Å². The number of carbonyl (C=O) groups excluding carboxylic acids is 1. The molecule has 0 bridgehead atoms. The number of hydrogen-bond acceptors (Lipinski definition) is 5. The lowest BCUT2D eigenvalue weighted by Crippen LogP contribution is -2.21. The number of nitrogens with zero attached hydrogens (tertiary/aromatic N) is 2. The maximum Gasteiger partial charge on any atom is 0.335 e. The normalized spacial score (nSPS) is 13.8. The van der Waals surface area contributed by atoms with Gasteiger partial charge >= 0.3 is 5.97 Å². The zero-order valence-corrected chi connectivity index (χ0v) is 23.7. The van der Waals surface area contributed by atoms with Gasteiger partial charge in [-0.3, -0.25) is 4.79 Å². The van der Waals surface area contributed by atoms with Crippen molar-refractivity contribution in [1.29, 1.82) is 0 Å². The number of carboxylic acid groups (broad SMARTS) is 1. The number of hydrogen-bond donors (Lipinski definition) is 1. The van der Waals surface area contributed by atoms with Gasteiger partial charge in [-0.05, 0) is 83.1 Å². The van der Waals surface area contributed by atoms with Crippen molar-refractivity contribution in [3.8, 4) is 11.5 Å². The number of amides is 1. The van der Waals surface area contributed by atoms with E-state index in [1.54, 1.807) is 24.3 Å². The predicted molar refractivity (Wildman–Crippen MR) is 163 cm³/mol. The summed E-state index contributed by atoms with van der Waals surface area (Å²) in [6.07, 6.45) is 1.83. The molecule has 200 valence electrons. The van der Waals surface area contributed by atoms with Crippen molar-refractivity contribution in [2.24, 2.45) is 5.10 Å². The molecule has 0 fully saturated rings. The molecule has 1 heterocycles. The van der Waals surface area contributed by atoms with Gasteiger partial charge < -0.3 is 14.6 Å². The molecule has 40 heavy (non-hydrogen) atoms. The van der Waals surface area contributed by atoms with Crippen LogP contribution in [0.1, 0.15) is 34.0 Å². The highest BCUT2D eigenvalue weighted by atomic mass is 127. The fraction of sp³-hybridized carbons (Fsp3) is 0.0938. The van der Waals surface area contributed by atoms with Crippen molar-refractivity contribution < 1.29 is 24.2 Å². The Morgan fingerprint density at radius 3 is 2.27 bits per heavy atom. The molecule has 0 saturated heterocycles. The van der Waals surface area contributed by atoms with E-state index in [0.29, 0.717) is 35.1 Å². The number of para-hydroxylation sites is 1. The van der Waals surface area contributed by atoms with E-state index in [1.807, 2.05) is 85.8 Å². The fourth-order valence-electron chi connectivity index (χ4n) is 4.24. The van der Waals surface area contributed by atoms with Crippen molar-refractivity contribution >= 4 is 51.9 Å². The number of rotatable bonds is 9. The minimum atomic E-state index is -0.974. The van der Waals surface area contributed by atoms with Crippen LogP contribution in [0.4, 0.5) is 5.69 Å². The van der Waals surface area contributed by atoms with Crippen molar-refractivity contribution in [2.45, 2.75) is 13.5 Å². The zero-order valence-electron chi connectivity index (χ0n) is 21.6. The molecule has 0 aliphatic carbocycles. The maximum atomic E-state index is 13.6. The third-order valence-electron chi connectivity index (χ3n) is 6.15. The number of anilines is 1. The highest BCUT2D eigenvalue weighted by molar-refractivity contribution is 14.1. The second kappa shape index (κ2) is 12.2. The lowest BCUT2D eigenvalue weighted by atomic mass is 10.00. The van der Waals surface area contributed by atoms with Crippen molar-refractivity contribution in [1.82, 2.24) is 0 Å². The zero-order chi connectivity index (χ0) is 28.1. The summed E-state index contributed by atoms with van der Waals surface area (Å²) in [6.45, 7) is 2.56. The molecule has 0 saturated carbocycles. The molecule has 1 aliphatic rings. The lowest BCUT2D eigenvalue weighted by molar-refractivity contribution is -0.114. The average molecular weight is 644 g/mol. The Bertz CT molecular complexity index is 1600. The second-order valence-electron chi connectivity index (χ2n) is 8.88. The Morgan fingerprint density at radius 2 is 1.62 bits per heavy atom. The van der Waals surface area contributed by atoms with Gasteiger partial charge in [-0.1, -0.05) is 60.7 Å². The molecule has 4 aromatic carbocycles. The van der Waals surface area contributed by atoms with Gasteiger partial charge in [-0.15, -0.1) is 0 Å². The van der Waals surface area contributed by atoms with E-state index in [4.69, 9.17) is 19.7 Å². The number of benzene rings is 4. The van der Waals surface area contributed by atoms with Crippen LogP contribution < -0.4 is 14.5 Å². The molecule has 4 aromatic rings. The summed E-state index contributed by atoms with van der Waals surface area (Å²) in [5.74, 6) is -0.0684. The van der Waals surface area contributed by atoms with Gasteiger partial charge in [-0.25, -0.2) is 4.79 Å². The highest BCUT2D eigenvalue weighted by Gasteiger charge is 2.32. The first-order valence-corrected chi connectivity index (χ1v) is 13.7. The Labute approximate surface area is 245 Å². The van der Waals surface area contributed by atoms with E-state index in [9.17, 15) is 9.59 Å². The summed E-state index contributed by atoms with van der Waals surface area (Å²) >= 11 is 2.19. The predicted octanol–water partition coefficient (Wildman–Crippen LogP) is 6.80. The number of hydrazone groups is 1. The largest absolute Gasteiger partial charge is 0.490 e. The van der Waals surface area contributed by atoms with Gasteiger partial charge in [0.1, 0.15) is 12.3 Å². The van der Waals surface area contributed by atoms with Crippen LogP contribution in [0.3, 0.4) is 0 Å². The minimum Gasteiger partial charge on any atom is -0.490 e. The van der Waals surface area contributed by atoms with Gasteiger partial charge in [0.15, 0.2) is 11.5 Å². The Balaban J connectivity index is 1.48. The molecule has 5 rings (SSSR count). The molecule has 0 unspecified atom stereocenters. The Kier molecular flexibility index (Phi) is 8.26. The van der Waals surface area contributed by atoms with E-state index in [2.05, 4.69) is 22.6 Å². The third-order valence-corrected chi connectivity index (χ3v) is 6.95. The Morgan fingerprint density at radius 1 is 0.950 bits per heavy atom. The van der Waals surface area contributed by atoms with Crippen LogP contribution in [0, 0.1) is 3.57 Å². The second-order valence-corrected chi connectivity index (χ2v) is 10.0. The highest BCUT2D eigenvalue weighted by Crippen LogP contribution is 2.36.